The molecule has 1 aliphatic carbocycles. The van der Waals surface area contributed by atoms with Crippen LogP contribution in [-0.4, -0.2) is 45.0 Å². The van der Waals surface area contributed by atoms with Crippen molar-refractivity contribution in [2.45, 2.75) is 51.7 Å². The maximum atomic E-state index is 12.3. The van der Waals surface area contributed by atoms with Gasteiger partial charge < -0.3 is 14.6 Å². The van der Waals surface area contributed by atoms with Crippen LogP contribution in [-0.2, 0) is 24.3 Å². The van der Waals surface area contributed by atoms with Crippen LogP contribution in [0.25, 0.3) is 0 Å². The van der Waals surface area contributed by atoms with E-state index in [1.165, 1.54) is 12.1 Å². The van der Waals surface area contributed by atoms with Crippen molar-refractivity contribution in [2.24, 2.45) is 5.92 Å². The molecule has 1 aromatic heterocycles. The number of carbonyl (C=O) groups is 1. The number of aromatic nitrogens is 3. The summed E-state index contributed by atoms with van der Waals surface area (Å²) in [5.41, 5.74) is 0.910. The van der Waals surface area contributed by atoms with Gasteiger partial charge in [0.05, 0.1) is 6.04 Å². The predicted octanol–water partition coefficient (Wildman–Crippen LogP) is 2.82. The summed E-state index contributed by atoms with van der Waals surface area (Å²) in [7, 11) is 0. The number of halogens is 3. The molecule has 1 saturated carbocycles. The standard InChI is InChI=1S/C20H24F3N5O2/c1-13(24-19(29)15-4-5-15)18-26-25-17-8-9-27(10-11-28(17)18)12-14-2-6-16(7-3-14)30-20(21,22)23/h2-3,6-7,13,15H,4-5,8-12H2,1H3,(H,24,29)/t13-/m1/s1. The van der Waals surface area contributed by atoms with Crippen LogP contribution < -0.4 is 10.1 Å². The fourth-order valence-electron chi connectivity index (χ4n) is 3.66. The van der Waals surface area contributed by atoms with E-state index in [9.17, 15) is 18.0 Å². The van der Waals surface area contributed by atoms with Crippen LogP contribution in [0.4, 0.5) is 13.2 Å². The molecule has 1 N–H and O–H groups in total. The van der Waals surface area contributed by atoms with Crippen LogP contribution in [0.5, 0.6) is 5.75 Å². The van der Waals surface area contributed by atoms with E-state index in [1.54, 1.807) is 12.1 Å². The summed E-state index contributed by atoms with van der Waals surface area (Å²) in [4.78, 5) is 14.3. The van der Waals surface area contributed by atoms with Gasteiger partial charge in [0.2, 0.25) is 5.91 Å². The van der Waals surface area contributed by atoms with E-state index in [2.05, 4.69) is 29.7 Å². The number of alkyl halides is 3. The molecule has 1 atom stereocenters. The molecule has 10 heteroatoms. The van der Waals surface area contributed by atoms with Gasteiger partial charge in [-0.3, -0.25) is 9.69 Å². The lowest BCUT2D eigenvalue weighted by molar-refractivity contribution is -0.274. The first kappa shape index (κ1) is 20.6. The Morgan fingerprint density at radius 2 is 1.93 bits per heavy atom. The van der Waals surface area contributed by atoms with Crippen molar-refractivity contribution >= 4 is 5.91 Å². The van der Waals surface area contributed by atoms with Gasteiger partial charge in [0.25, 0.3) is 0 Å². The molecule has 1 aliphatic heterocycles. The monoisotopic (exact) mass is 423 g/mol. The molecule has 30 heavy (non-hydrogen) atoms. The Balaban J connectivity index is 1.35. The maximum absolute atomic E-state index is 12.3. The summed E-state index contributed by atoms with van der Waals surface area (Å²) in [5.74, 6) is 1.64. The fourth-order valence-corrected chi connectivity index (χ4v) is 3.66. The number of nitrogens with zero attached hydrogens (tertiary/aromatic N) is 4. The molecule has 2 heterocycles. The summed E-state index contributed by atoms with van der Waals surface area (Å²) in [6.45, 7) is 4.75. The lowest BCUT2D eigenvalue weighted by atomic mass is 10.2. The molecule has 0 saturated heterocycles. The smallest absolute Gasteiger partial charge is 0.406 e. The highest BCUT2D eigenvalue weighted by Crippen LogP contribution is 2.30. The molecule has 0 spiro atoms. The minimum absolute atomic E-state index is 0.0769. The zero-order chi connectivity index (χ0) is 21.3. The first-order valence-electron chi connectivity index (χ1n) is 10.1. The number of rotatable bonds is 6. The number of fused-ring (bicyclic) bond motifs is 1. The minimum Gasteiger partial charge on any atom is -0.406 e. The largest absolute Gasteiger partial charge is 0.573 e. The Kier molecular flexibility index (Phi) is 5.68. The van der Waals surface area contributed by atoms with E-state index in [0.29, 0.717) is 19.5 Å². The lowest BCUT2D eigenvalue weighted by Crippen LogP contribution is -2.31. The minimum atomic E-state index is -4.69. The van der Waals surface area contributed by atoms with Gasteiger partial charge in [0.1, 0.15) is 11.6 Å². The van der Waals surface area contributed by atoms with Crippen LogP contribution in [0.2, 0.25) is 0 Å². The van der Waals surface area contributed by atoms with Crippen molar-refractivity contribution in [1.29, 1.82) is 0 Å². The first-order valence-corrected chi connectivity index (χ1v) is 10.1. The molecule has 2 aromatic rings. The van der Waals surface area contributed by atoms with E-state index in [1.807, 2.05) is 6.92 Å². The molecule has 0 radical (unpaired) electrons. The van der Waals surface area contributed by atoms with Gasteiger partial charge in [-0.2, -0.15) is 0 Å². The van der Waals surface area contributed by atoms with E-state index in [0.717, 1.165) is 43.1 Å². The number of benzene rings is 1. The van der Waals surface area contributed by atoms with Gasteiger partial charge in [0.15, 0.2) is 5.82 Å². The third-order valence-corrected chi connectivity index (χ3v) is 5.40. The van der Waals surface area contributed by atoms with Gasteiger partial charge >= 0.3 is 6.36 Å². The fraction of sp³-hybridized carbons (Fsp3) is 0.550. The van der Waals surface area contributed by atoms with Crippen molar-refractivity contribution in [3.8, 4) is 5.75 Å². The molecule has 0 unspecified atom stereocenters. The lowest BCUT2D eigenvalue weighted by Gasteiger charge is -2.20. The molecule has 7 nitrogen and oxygen atoms in total. The normalized spacial score (nSPS) is 18.4. The van der Waals surface area contributed by atoms with Crippen molar-refractivity contribution in [1.82, 2.24) is 25.0 Å². The highest BCUT2D eigenvalue weighted by molar-refractivity contribution is 5.81. The van der Waals surface area contributed by atoms with Crippen LogP contribution in [0.15, 0.2) is 24.3 Å². The number of amides is 1. The molecule has 162 valence electrons. The average Bonchev–Trinajstić information content (AvgIpc) is 3.47. The predicted molar refractivity (Wildman–Crippen MR) is 101 cm³/mol. The van der Waals surface area contributed by atoms with Crippen molar-refractivity contribution in [3.05, 3.63) is 41.5 Å². The van der Waals surface area contributed by atoms with Crippen molar-refractivity contribution in [2.75, 3.05) is 13.1 Å². The summed E-state index contributed by atoms with van der Waals surface area (Å²) in [6.07, 6.45) is -2.07. The highest BCUT2D eigenvalue weighted by Gasteiger charge is 2.32. The van der Waals surface area contributed by atoms with E-state index >= 15 is 0 Å². The van der Waals surface area contributed by atoms with Crippen molar-refractivity contribution in [3.63, 3.8) is 0 Å². The second kappa shape index (κ2) is 8.25. The summed E-state index contributed by atoms with van der Waals surface area (Å²) in [5, 5.41) is 11.6. The van der Waals surface area contributed by atoms with Gasteiger partial charge in [0, 0.05) is 38.5 Å². The first-order chi connectivity index (χ1) is 14.3. The third kappa shape index (κ3) is 5.10. The SMILES string of the molecule is C[C@@H](NC(=O)C1CC1)c1nnc2n1CCN(Cc1ccc(OC(F)(F)F)cc1)CC2. The average molecular weight is 423 g/mol. The topological polar surface area (TPSA) is 72.3 Å². The number of hydrogen-bond donors (Lipinski definition) is 1. The summed E-state index contributed by atoms with van der Waals surface area (Å²) in [6, 6.07) is 5.75. The number of carbonyl (C=O) groups excluding carboxylic acids is 1. The number of ether oxygens (including phenoxy) is 1. The van der Waals surface area contributed by atoms with E-state index < -0.39 is 6.36 Å². The Labute approximate surface area is 172 Å². The molecule has 1 amide bonds. The van der Waals surface area contributed by atoms with E-state index in [-0.39, 0.29) is 23.6 Å². The summed E-state index contributed by atoms with van der Waals surface area (Å²) >= 11 is 0. The molecule has 2 aliphatic rings. The molecule has 1 aromatic carbocycles. The molecule has 1 fully saturated rings. The number of hydrogen-bond acceptors (Lipinski definition) is 5. The third-order valence-electron chi connectivity index (χ3n) is 5.40. The molecular formula is C20H24F3N5O2. The second-order valence-corrected chi connectivity index (χ2v) is 7.85. The maximum Gasteiger partial charge on any atom is 0.573 e. The van der Waals surface area contributed by atoms with Crippen LogP contribution in [0.1, 0.15) is 43.0 Å². The van der Waals surface area contributed by atoms with Crippen LogP contribution in [0.3, 0.4) is 0 Å². The van der Waals surface area contributed by atoms with Gasteiger partial charge in [-0.15, -0.1) is 23.4 Å². The Bertz CT molecular complexity index is 893. The Hall–Kier alpha value is -2.62. The van der Waals surface area contributed by atoms with Crippen LogP contribution >= 0.6 is 0 Å². The zero-order valence-electron chi connectivity index (χ0n) is 16.7. The molecule has 4 rings (SSSR count). The van der Waals surface area contributed by atoms with E-state index in [4.69, 9.17) is 0 Å². The Morgan fingerprint density at radius 3 is 2.60 bits per heavy atom. The van der Waals surface area contributed by atoms with Crippen molar-refractivity contribution < 1.29 is 22.7 Å². The number of nitrogens with one attached hydrogen (secondary N) is 1. The van der Waals surface area contributed by atoms with Crippen LogP contribution in [0, 0.1) is 5.92 Å². The van der Waals surface area contributed by atoms with Gasteiger partial charge in [-0.25, -0.2) is 0 Å². The highest BCUT2D eigenvalue weighted by atomic mass is 19.4. The molecule has 0 bridgehead atoms. The zero-order valence-corrected chi connectivity index (χ0v) is 16.7. The Morgan fingerprint density at radius 1 is 1.20 bits per heavy atom. The quantitative estimate of drug-likeness (QED) is 0.774. The molecular weight excluding hydrogens is 399 g/mol. The van der Waals surface area contributed by atoms with Gasteiger partial charge in [-0.05, 0) is 37.5 Å². The summed E-state index contributed by atoms with van der Waals surface area (Å²) < 4.78 is 42.9. The second-order valence-electron chi connectivity index (χ2n) is 7.85. The van der Waals surface area contributed by atoms with Gasteiger partial charge in [-0.1, -0.05) is 12.1 Å².